The fraction of sp³-hybridized carbons (Fsp3) is 0.214. The van der Waals surface area contributed by atoms with Gasteiger partial charge in [0, 0.05) is 30.5 Å². The summed E-state index contributed by atoms with van der Waals surface area (Å²) >= 11 is 3.31. The number of aromatic nitrogens is 1. The van der Waals surface area contributed by atoms with E-state index >= 15 is 0 Å². The zero-order valence-corrected chi connectivity index (χ0v) is 11.7. The molecule has 0 saturated heterocycles. The van der Waals surface area contributed by atoms with Crippen molar-refractivity contribution in [1.29, 1.82) is 0 Å². The smallest absolute Gasteiger partial charge is 0.134 e. The number of nitrogens with one attached hydrogen (secondary N) is 1. The summed E-state index contributed by atoms with van der Waals surface area (Å²) in [6, 6.07) is 9.79. The molecule has 1 heterocycles. The first-order valence-electron chi connectivity index (χ1n) is 5.78. The number of phenolic OH excluding ortho intramolecular Hbond substituents is 1. The van der Waals surface area contributed by atoms with Gasteiger partial charge in [0.1, 0.15) is 5.75 Å². The van der Waals surface area contributed by atoms with E-state index in [2.05, 4.69) is 33.2 Å². The first-order chi connectivity index (χ1) is 8.68. The van der Waals surface area contributed by atoms with Gasteiger partial charge in [-0.15, -0.1) is 0 Å². The van der Waals surface area contributed by atoms with E-state index < -0.39 is 0 Å². The van der Waals surface area contributed by atoms with Crippen molar-refractivity contribution in [2.45, 2.75) is 19.5 Å². The molecule has 2 rings (SSSR count). The summed E-state index contributed by atoms with van der Waals surface area (Å²) in [5.74, 6) is 0.295. The molecule has 2 N–H and O–H groups in total. The number of hydrogen-bond donors (Lipinski definition) is 2. The van der Waals surface area contributed by atoms with E-state index in [1.807, 2.05) is 36.5 Å². The van der Waals surface area contributed by atoms with E-state index in [-0.39, 0.29) is 6.04 Å². The van der Waals surface area contributed by atoms with E-state index in [1.165, 1.54) is 0 Å². The summed E-state index contributed by atoms with van der Waals surface area (Å²) in [6.07, 6.45) is 3.61. The highest BCUT2D eigenvalue weighted by molar-refractivity contribution is 9.10. The van der Waals surface area contributed by atoms with Gasteiger partial charge in [0.15, 0.2) is 0 Å². The predicted octanol–water partition coefficient (Wildman–Crippen LogP) is 3.40. The van der Waals surface area contributed by atoms with Gasteiger partial charge in [-0.1, -0.05) is 18.2 Å². The molecule has 0 aliphatic carbocycles. The Balaban J connectivity index is 2.02. The highest BCUT2D eigenvalue weighted by Crippen LogP contribution is 2.27. The second-order valence-electron chi connectivity index (χ2n) is 4.14. The molecule has 1 aromatic carbocycles. The topological polar surface area (TPSA) is 45.1 Å². The van der Waals surface area contributed by atoms with Crippen molar-refractivity contribution in [3.63, 3.8) is 0 Å². The van der Waals surface area contributed by atoms with Gasteiger partial charge in [0.25, 0.3) is 0 Å². The molecular weight excluding hydrogens is 292 g/mol. The normalized spacial score (nSPS) is 12.3. The van der Waals surface area contributed by atoms with Gasteiger partial charge >= 0.3 is 0 Å². The highest BCUT2D eigenvalue weighted by Gasteiger charge is 2.08. The van der Waals surface area contributed by atoms with Crippen LogP contribution in [0.25, 0.3) is 0 Å². The first kappa shape index (κ1) is 13.1. The Morgan fingerprint density at radius 1 is 1.33 bits per heavy atom. The maximum Gasteiger partial charge on any atom is 0.134 e. The number of pyridine rings is 1. The molecule has 0 aliphatic heterocycles. The number of phenols is 1. The molecule has 0 fully saturated rings. The van der Waals surface area contributed by atoms with Crippen LogP contribution in [0.3, 0.4) is 0 Å². The Labute approximate surface area is 115 Å². The number of hydrogen-bond acceptors (Lipinski definition) is 3. The van der Waals surface area contributed by atoms with Crippen molar-refractivity contribution >= 4 is 15.9 Å². The molecule has 94 valence electrons. The zero-order chi connectivity index (χ0) is 13.0. The summed E-state index contributed by atoms with van der Waals surface area (Å²) in [6.45, 7) is 2.69. The summed E-state index contributed by atoms with van der Waals surface area (Å²) < 4.78 is 0.718. The molecule has 3 nitrogen and oxygen atoms in total. The molecule has 1 aromatic heterocycles. The molecule has 4 heteroatoms. The molecule has 2 aromatic rings. The third-order valence-corrected chi connectivity index (χ3v) is 3.49. The van der Waals surface area contributed by atoms with Crippen molar-refractivity contribution in [3.8, 4) is 5.75 Å². The molecule has 0 saturated carbocycles. The number of para-hydroxylation sites is 1. The zero-order valence-electron chi connectivity index (χ0n) is 10.1. The van der Waals surface area contributed by atoms with Gasteiger partial charge in [-0.25, -0.2) is 0 Å². The molecule has 18 heavy (non-hydrogen) atoms. The van der Waals surface area contributed by atoms with E-state index in [4.69, 9.17) is 0 Å². The molecule has 1 atom stereocenters. The van der Waals surface area contributed by atoms with E-state index in [0.29, 0.717) is 12.3 Å². The highest BCUT2D eigenvalue weighted by atomic mass is 79.9. The van der Waals surface area contributed by atoms with Crippen LogP contribution in [-0.2, 0) is 6.54 Å². The monoisotopic (exact) mass is 306 g/mol. The van der Waals surface area contributed by atoms with E-state index in [9.17, 15) is 5.11 Å². The largest absolute Gasteiger partial charge is 0.506 e. The molecule has 0 aliphatic rings. The van der Waals surface area contributed by atoms with Crippen LogP contribution in [0, 0.1) is 0 Å². The molecular formula is C14H15BrN2O. The van der Waals surface area contributed by atoms with Gasteiger partial charge in [-0.3, -0.25) is 4.98 Å². The quantitative estimate of drug-likeness (QED) is 0.910. The summed E-state index contributed by atoms with van der Waals surface area (Å²) in [5.41, 5.74) is 2.01. The summed E-state index contributed by atoms with van der Waals surface area (Å²) in [5, 5.41) is 13.2. The average Bonchev–Trinajstić information content (AvgIpc) is 2.41. The molecule has 0 bridgehead atoms. The Morgan fingerprint density at radius 2 is 2.17 bits per heavy atom. The van der Waals surface area contributed by atoms with Crippen LogP contribution in [0.5, 0.6) is 5.75 Å². The third-order valence-electron chi connectivity index (χ3n) is 2.85. The van der Waals surface area contributed by atoms with Gasteiger partial charge in [0.2, 0.25) is 0 Å². The van der Waals surface area contributed by atoms with Crippen molar-refractivity contribution in [3.05, 3.63) is 58.3 Å². The summed E-state index contributed by atoms with van der Waals surface area (Å²) in [4.78, 5) is 4.10. The lowest BCUT2D eigenvalue weighted by Gasteiger charge is -2.14. The lowest BCUT2D eigenvalue weighted by Crippen LogP contribution is -2.18. The number of benzene rings is 1. The van der Waals surface area contributed by atoms with Gasteiger partial charge in [0.05, 0.1) is 4.47 Å². The van der Waals surface area contributed by atoms with Gasteiger partial charge in [-0.05, 0) is 40.5 Å². The minimum atomic E-state index is 0.192. The molecule has 0 radical (unpaired) electrons. The molecule has 0 spiro atoms. The van der Waals surface area contributed by atoms with Crippen LogP contribution >= 0.6 is 15.9 Å². The summed E-state index contributed by atoms with van der Waals surface area (Å²) in [7, 11) is 0. The van der Waals surface area contributed by atoms with Crippen molar-refractivity contribution in [1.82, 2.24) is 10.3 Å². The van der Waals surface area contributed by atoms with E-state index in [1.54, 1.807) is 6.20 Å². The maximum absolute atomic E-state index is 9.88. The average molecular weight is 307 g/mol. The number of halogens is 1. The second-order valence-corrected chi connectivity index (χ2v) is 4.99. The maximum atomic E-state index is 9.88. The minimum absolute atomic E-state index is 0.192. The SMILES string of the molecule is C[C@@H](NCc1cccc(Br)c1O)c1cccnc1. The molecule has 0 amide bonds. The predicted molar refractivity (Wildman–Crippen MR) is 75.3 cm³/mol. The van der Waals surface area contributed by atoms with Crippen LogP contribution in [0.1, 0.15) is 24.1 Å². The fourth-order valence-corrected chi connectivity index (χ4v) is 2.12. The Hall–Kier alpha value is -1.39. The van der Waals surface area contributed by atoms with Crippen molar-refractivity contribution < 1.29 is 5.11 Å². The van der Waals surface area contributed by atoms with Crippen LogP contribution in [0.4, 0.5) is 0 Å². The van der Waals surface area contributed by atoms with Crippen LogP contribution in [-0.4, -0.2) is 10.1 Å². The fourth-order valence-electron chi connectivity index (χ4n) is 1.72. The van der Waals surface area contributed by atoms with Crippen molar-refractivity contribution in [2.75, 3.05) is 0 Å². The third kappa shape index (κ3) is 3.09. The van der Waals surface area contributed by atoms with Gasteiger partial charge < -0.3 is 10.4 Å². The minimum Gasteiger partial charge on any atom is -0.506 e. The van der Waals surface area contributed by atoms with Crippen molar-refractivity contribution in [2.24, 2.45) is 0 Å². The number of aromatic hydroxyl groups is 1. The Morgan fingerprint density at radius 3 is 2.89 bits per heavy atom. The first-order valence-corrected chi connectivity index (χ1v) is 6.57. The van der Waals surface area contributed by atoms with Crippen LogP contribution < -0.4 is 5.32 Å². The van der Waals surface area contributed by atoms with Crippen LogP contribution in [0.2, 0.25) is 0 Å². The Bertz CT molecular complexity index is 516. The lowest BCUT2D eigenvalue weighted by molar-refractivity contribution is 0.457. The van der Waals surface area contributed by atoms with Gasteiger partial charge in [-0.2, -0.15) is 0 Å². The molecule has 0 unspecified atom stereocenters. The standard InChI is InChI=1S/C14H15BrN2O/c1-10(11-5-3-7-16-8-11)17-9-12-4-2-6-13(15)14(12)18/h2-8,10,17-18H,9H2,1H3/t10-/m1/s1. The number of rotatable bonds is 4. The second kappa shape index (κ2) is 5.98. The lowest BCUT2D eigenvalue weighted by atomic mass is 10.1. The number of nitrogens with zero attached hydrogens (tertiary/aromatic N) is 1. The van der Waals surface area contributed by atoms with E-state index in [0.717, 1.165) is 15.6 Å². The Kier molecular flexibility index (Phi) is 4.33. The van der Waals surface area contributed by atoms with Crippen LogP contribution in [0.15, 0.2) is 47.2 Å².